The third kappa shape index (κ3) is 11.8. The minimum Gasteiger partial charge on any atom is -0.508 e. The number of aliphatic carboxylic acids is 1. The number of Topliss-reactive ketones (excluding diaryl/α,β-unsaturated/α-hetero) is 1. The van der Waals surface area contributed by atoms with E-state index in [4.69, 9.17) is 4.74 Å². The van der Waals surface area contributed by atoms with E-state index < -0.39 is 30.3 Å². The Kier molecular flexibility index (Phi) is 14.5. The van der Waals surface area contributed by atoms with Crippen LogP contribution in [-0.2, 0) is 21.4 Å². The standard InChI is InChI=1S/C47H53N3O6/c1-5-6-7-8-11-26-56-39-24-20-33(21-25-39)37-30-48-45(49-31-37)35-16-14-32(15-17-35)27-36(28-43(52)34-18-22-38(23-19-34)47(2,3)4)46(55)50-41(29-44(53)54)40-12-9-10-13-42(40)51/h9-10,12-25,30-31,36,41,51H,5-8,11,26-29H2,1-4H3,(H,50,55)(H,53,54)/t36-,41?/m1/s1. The summed E-state index contributed by atoms with van der Waals surface area (Å²) in [7, 11) is 0. The van der Waals surface area contributed by atoms with Crippen LogP contribution in [-0.4, -0.2) is 44.4 Å². The predicted molar refractivity (Wildman–Crippen MR) is 220 cm³/mol. The number of phenols is 1. The van der Waals surface area contributed by atoms with Crippen molar-refractivity contribution in [1.82, 2.24) is 15.3 Å². The van der Waals surface area contributed by atoms with Crippen LogP contribution in [0, 0.1) is 5.92 Å². The molecule has 0 saturated heterocycles. The summed E-state index contributed by atoms with van der Waals surface area (Å²) in [4.78, 5) is 48.6. The van der Waals surface area contributed by atoms with Gasteiger partial charge in [0.15, 0.2) is 11.6 Å². The Morgan fingerprint density at radius 3 is 2.02 bits per heavy atom. The van der Waals surface area contributed by atoms with E-state index in [1.807, 2.05) is 60.7 Å². The molecular weight excluding hydrogens is 703 g/mol. The number of carbonyl (C=O) groups excluding carboxylic acids is 2. The van der Waals surface area contributed by atoms with Crippen molar-refractivity contribution in [3.63, 3.8) is 0 Å². The second-order valence-electron chi connectivity index (χ2n) is 15.4. The molecule has 1 aromatic heterocycles. The van der Waals surface area contributed by atoms with Crippen molar-refractivity contribution in [3.05, 3.63) is 132 Å². The number of hydrogen-bond acceptors (Lipinski definition) is 7. The zero-order chi connectivity index (χ0) is 40.1. The Bertz CT molecular complexity index is 2040. The highest BCUT2D eigenvalue weighted by atomic mass is 16.5. The molecule has 9 nitrogen and oxygen atoms in total. The van der Waals surface area contributed by atoms with Crippen LogP contribution in [0.15, 0.2) is 109 Å². The normalized spacial score (nSPS) is 12.4. The van der Waals surface area contributed by atoms with Crippen molar-refractivity contribution in [2.45, 2.75) is 90.5 Å². The monoisotopic (exact) mass is 755 g/mol. The first-order valence-electron chi connectivity index (χ1n) is 19.5. The summed E-state index contributed by atoms with van der Waals surface area (Å²) in [6, 6.07) is 28.2. The zero-order valence-electron chi connectivity index (χ0n) is 32.8. The number of aromatic nitrogens is 2. The van der Waals surface area contributed by atoms with Gasteiger partial charge < -0.3 is 20.3 Å². The number of unbranched alkanes of at least 4 members (excludes halogenated alkanes) is 4. The Morgan fingerprint density at radius 1 is 0.750 bits per heavy atom. The van der Waals surface area contributed by atoms with Gasteiger partial charge >= 0.3 is 5.97 Å². The van der Waals surface area contributed by atoms with Gasteiger partial charge in [-0.2, -0.15) is 0 Å². The Labute approximate surface area is 330 Å². The van der Waals surface area contributed by atoms with Gasteiger partial charge in [0.2, 0.25) is 5.91 Å². The van der Waals surface area contributed by atoms with E-state index in [0.29, 0.717) is 18.0 Å². The van der Waals surface area contributed by atoms with E-state index in [-0.39, 0.29) is 35.4 Å². The van der Waals surface area contributed by atoms with Crippen molar-refractivity contribution >= 4 is 17.7 Å². The Hall–Kier alpha value is -5.83. The second kappa shape index (κ2) is 19.7. The maximum Gasteiger partial charge on any atom is 0.305 e. The number of ether oxygens (including phenoxy) is 1. The van der Waals surface area contributed by atoms with Crippen molar-refractivity contribution in [3.8, 4) is 34.0 Å². The van der Waals surface area contributed by atoms with E-state index >= 15 is 0 Å². The predicted octanol–water partition coefficient (Wildman–Crippen LogP) is 9.93. The van der Waals surface area contributed by atoms with E-state index in [2.05, 4.69) is 43.0 Å². The molecule has 5 rings (SSSR count). The highest BCUT2D eigenvalue weighted by Gasteiger charge is 2.28. The molecule has 0 radical (unpaired) electrons. The molecule has 0 aliphatic carbocycles. The van der Waals surface area contributed by atoms with Crippen LogP contribution in [0.2, 0.25) is 0 Å². The Balaban J connectivity index is 1.29. The first kappa shape index (κ1) is 41.3. The van der Waals surface area contributed by atoms with Crippen molar-refractivity contribution < 1.29 is 29.3 Å². The maximum absolute atomic E-state index is 14.0. The first-order chi connectivity index (χ1) is 26.9. The second-order valence-corrected chi connectivity index (χ2v) is 15.4. The fraction of sp³-hybridized carbons (Fsp3) is 0.340. The molecule has 0 aliphatic heterocycles. The maximum atomic E-state index is 14.0. The molecular formula is C47H53N3O6. The zero-order valence-corrected chi connectivity index (χ0v) is 32.8. The molecule has 56 heavy (non-hydrogen) atoms. The van der Waals surface area contributed by atoms with Crippen LogP contribution >= 0.6 is 0 Å². The van der Waals surface area contributed by atoms with E-state index in [1.165, 1.54) is 31.7 Å². The Morgan fingerprint density at radius 2 is 1.39 bits per heavy atom. The van der Waals surface area contributed by atoms with Crippen molar-refractivity contribution in [2.24, 2.45) is 5.92 Å². The molecule has 0 bridgehead atoms. The molecule has 292 valence electrons. The van der Waals surface area contributed by atoms with Crippen LogP contribution in [0.1, 0.15) is 106 Å². The lowest BCUT2D eigenvalue weighted by Gasteiger charge is -2.23. The summed E-state index contributed by atoms with van der Waals surface area (Å²) in [5, 5.41) is 23.0. The van der Waals surface area contributed by atoms with Gasteiger partial charge in [0.25, 0.3) is 0 Å². The summed E-state index contributed by atoms with van der Waals surface area (Å²) >= 11 is 0. The molecule has 1 amide bonds. The van der Waals surface area contributed by atoms with E-state index in [0.717, 1.165) is 40.0 Å². The molecule has 0 fully saturated rings. The number of carbonyl (C=O) groups is 3. The number of ketones is 1. The third-order valence-electron chi connectivity index (χ3n) is 9.93. The van der Waals surface area contributed by atoms with Gasteiger partial charge in [-0.25, -0.2) is 9.97 Å². The van der Waals surface area contributed by atoms with Gasteiger partial charge in [-0.15, -0.1) is 0 Å². The molecule has 4 aromatic carbocycles. The van der Waals surface area contributed by atoms with Gasteiger partial charge in [0, 0.05) is 47.0 Å². The lowest BCUT2D eigenvalue weighted by Crippen LogP contribution is -2.37. The van der Waals surface area contributed by atoms with Crippen LogP contribution in [0.3, 0.4) is 0 Å². The molecule has 9 heteroatoms. The van der Waals surface area contributed by atoms with Crippen LogP contribution in [0.25, 0.3) is 22.5 Å². The number of rotatable bonds is 19. The molecule has 5 aromatic rings. The number of para-hydroxylation sites is 1. The first-order valence-corrected chi connectivity index (χ1v) is 19.5. The number of benzene rings is 4. The summed E-state index contributed by atoms with van der Waals surface area (Å²) in [6.45, 7) is 9.22. The van der Waals surface area contributed by atoms with Gasteiger partial charge in [-0.1, -0.05) is 132 Å². The van der Waals surface area contributed by atoms with Gasteiger partial charge in [-0.05, 0) is 53.1 Å². The molecule has 1 heterocycles. The number of carboxylic acids is 1. The minimum absolute atomic E-state index is 0.0832. The summed E-state index contributed by atoms with van der Waals surface area (Å²) < 4.78 is 5.91. The van der Waals surface area contributed by atoms with Gasteiger partial charge in [0.1, 0.15) is 11.5 Å². The number of aromatic hydroxyl groups is 1. The quantitative estimate of drug-likeness (QED) is 0.0559. The molecule has 0 spiro atoms. The highest BCUT2D eigenvalue weighted by molar-refractivity contribution is 5.98. The largest absolute Gasteiger partial charge is 0.508 e. The molecule has 0 saturated carbocycles. The number of hydrogen-bond donors (Lipinski definition) is 3. The molecule has 0 aliphatic rings. The number of carboxylic acid groups (broad SMARTS) is 1. The molecule has 1 unspecified atom stereocenters. The lowest BCUT2D eigenvalue weighted by molar-refractivity contribution is -0.138. The van der Waals surface area contributed by atoms with Crippen LogP contribution in [0.4, 0.5) is 0 Å². The van der Waals surface area contributed by atoms with Crippen molar-refractivity contribution in [1.29, 1.82) is 0 Å². The van der Waals surface area contributed by atoms with Gasteiger partial charge in [0.05, 0.1) is 19.1 Å². The number of amides is 1. The average Bonchev–Trinajstić information content (AvgIpc) is 3.19. The summed E-state index contributed by atoms with van der Waals surface area (Å²) in [5.41, 5.74) is 5.25. The fourth-order valence-electron chi connectivity index (χ4n) is 6.58. The minimum atomic E-state index is -1.14. The summed E-state index contributed by atoms with van der Waals surface area (Å²) in [6.07, 6.45) is 9.23. The number of nitrogens with one attached hydrogen (secondary N) is 1. The topological polar surface area (TPSA) is 139 Å². The fourth-order valence-corrected chi connectivity index (χ4v) is 6.58. The number of nitrogens with zero attached hydrogens (tertiary/aromatic N) is 2. The number of phenolic OH excluding ortho intramolecular Hbond substituents is 1. The van der Waals surface area contributed by atoms with E-state index in [9.17, 15) is 24.6 Å². The SMILES string of the molecule is CCCCCCCOc1ccc(-c2cnc(-c3ccc(C[C@H](CC(=O)c4ccc(C(C)(C)C)cc4)C(=O)NC(CC(=O)O)c4ccccc4O)cc3)nc2)cc1. The average molecular weight is 756 g/mol. The molecule has 2 atom stereocenters. The van der Waals surface area contributed by atoms with E-state index in [1.54, 1.807) is 42.7 Å². The lowest BCUT2D eigenvalue weighted by atomic mass is 9.85. The molecule has 3 N–H and O–H groups in total. The van der Waals surface area contributed by atoms with Crippen LogP contribution in [0.5, 0.6) is 11.5 Å². The summed E-state index contributed by atoms with van der Waals surface area (Å²) in [5.74, 6) is -1.37. The highest BCUT2D eigenvalue weighted by Crippen LogP contribution is 2.29. The van der Waals surface area contributed by atoms with Crippen molar-refractivity contribution in [2.75, 3.05) is 6.61 Å². The van der Waals surface area contributed by atoms with Crippen LogP contribution < -0.4 is 10.1 Å². The smallest absolute Gasteiger partial charge is 0.305 e. The van der Waals surface area contributed by atoms with Gasteiger partial charge in [-0.3, -0.25) is 14.4 Å². The third-order valence-corrected chi connectivity index (χ3v) is 9.93.